The summed E-state index contributed by atoms with van der Waals surface area (Å²) in [5.41, 5.74) is 3.82. The molecule has 0 aliphatic carbocycles. The molecule has 0 amide bonds. The molecule has 4 heteroatoms. The van der Waals surface area contributed by atoms with Gasteiger partial charge in [-0.1, -0.05) is 18.2 Å². The van der Waals surface area contributed by atoms with Gasteiger partial charge < -0.3 is 5.32 Å². The van der Waals surface area contributed by atoms with Gasteiger partial charge in [0.1, 0.15) is 0 Å². The zero-order chi connectivity index (χ0) is 13.9. The molecule has 2 heterocycles. The Balaban J connectivity index is 1.48. The first-order valence-electron chi connectivity index (χ1n) is 7.20. The number of thioether (sulfide) groups is 1. The van der Waals surface area contributed by atoms with Crippen LogP contribution in [0, 0.1) is 13.8 Å². The molecule has 0 fully saturated rings. The molecule has 3 nitrogen and oxygen atoms in total. The summed E-state index contributed by atoms with van der Waals surface area (Å²) in [4.78, 5) is 1.43. The number of hydrogen-bond acceptors (Lipinski definition) is 3. The van der Waals surface area contributed by atoms with Gasteiger partial charge >= 0.3 is 0 Å². The van der Waals surface area contributed by atoms with Crippen molar-refractivity contribution in [2.75, 3.05) is 12.3 Å². The third-order valence-electron chi connectivity index (χ3n) is 3.74. The van der Waals surface area contributed by atoms with E-state index in [1.165, 1.54) is 16.2 Å². The zero-order valence-electron chi connectivity index (χ0n) is 12.1. The van der Waals surface area contributed by atoms with Crippen LogP contribution in [0.15, 0.2) is 35.2 Å². The fourth-order valence-corrected chi connectivity index (χ4v) is 3.93. The zero-order valence-corrected chi connectivity index (χ0v) is 12.9. The molecular weight excluding hydrogens is 266 g/mol. The number of aryl methyl sites for hydroxylation is 3. The summed E-state index contributed by atoms with van der Waals surface area (Å²) in [5.74, 6) is 1.15. The average molecular weight is 287 g/mol. The minimum Gasteiger partial charge on any atom is -0.309 e. The van der Waals surface area contributed by atoms with Crippen LogP contribution in [0.1, 0.15) is 29.4 Å². The molecule has 106 valence electrons. The number of nitrogens with one attached hydrogen (secondary N) is 1. The van der Waals surface area contributed by atoms with Gasteiger partial charge in [0.25, 0.3) is 0 Å². The number of rotatable bonds is 5. The van der Waals surface area contributed by atoms with Gasteiger partial charge in [0.05, 0.1) is 5.69 Å². The lowest BCUT2D eigenvalue weighted by Crippen LogP contribution is -2.23. The first-order chi connectivity index (χ1) is 9.74. The highest BCUT2D eigenvalue weighted by Gasteiger charge is 2.21. The summed E-state index contributed by atoms with van der Waals surface area (Å²) < 4.78 is 2.11. The van der Waals surface area contributed by atoms with Crippen LogP contribution in [0.2, 0.25) is 0 Å². The molecule has 1 atom stereocenters. The third-order valence-corrected chi connectivity index (χ3v) is 4.92. The van der Waals surface area contributed by atoms with Gasteiger partial charge in [-0.3, -0.25) is 4.68 Å². The van der Waals surface area contributed by atoms with Gasteiger partial charge in [0, 0.05) is 28.9 Å². The van der Waals surface area contributed by atoms with Crippen molar-refractivity contribution in [2.45, 2.75) is 37.8 Å². The lowest BCUT2D eigenvalue weighted by molar-refractivity contribution is 0.504. The Morgan fingerprint density at radius 1 is 1.35 bits per heavy atom. The van der Waals surface area contributed by atoms with Crippen molar-refractivity contribution in [1.82, 2.24) is 15.1 Å². The highest BCUT2D eigenvalue weighted by molar-refractivity contribution is 7.99. The van der Waals surface area contributed by atoms with Crippen molar-refractivity contribution in [2.24, 2.45) is 0 Å². The van der Waals surface area contributed by atoms with Crippen molar-refractivity contribution in [3.8, 4) is 0 Å². The Labute approximate surface area is 124 Å². The number of nitrogens with zero attached hydrogens (tertiary/aromatic N) is 2. The summed E-state index contributed by atoms with van der Waals surface area (Å²) in [7, 11) is 0. The van der Waals surface area contributed by atoms with Gasteiger partial charge in [-0.25, -0.2) is 0 Å². The van der Waals surface area contributed by atoms with E-state index in [1.54, 1.807) is 0 Å². The Bertz CT molecular complexity index is 591. The summed E-state index contributed by atoms with van der Waals surface area (Å²) in [6, 6.07) is 11.4. The molecule has 0 saturated carbocycles. The van der Waals surface area contributed by atoms with E-state index in [9.17, 15) is 0 Å². The normalized spacial score (nSPS) is 17.4. The van der Waals surface area contributed by atoms with Crippen LogP contribution in [0.25, 0.3) is 0 Å². The predicted octanol–water partition coefficient (Wildman–Crippen LogP) is 3.33. The number of benzene rings is 1. The quantitative estimate of drug-likeness (QED) is 0.856. The third kappa shape index (κ3) is 2.91. The summed E-state index contributed by atoms with van der Waals surface area (Å²) in [6.07, 6.45) is 1.12. The molecule has 3 rings (SSSR count). The molecule has 1 aromatic carbocycles. The van der Waals surface area contributed by atoms with Gasteiger partial charge in [-0.15, -0.1) is 11.8 Å². The minimum absolute atomic E-state index is 0.511. The van der Waals surface area contributed by atoms with Crippen LogP contribution in [-0.2, 0) is 6.54 Å². The maximum atomic E-state index is 4.50. The van der Waals surface area contributed by atoms with Crippen LogP contribution in [0.4, 0.5) is 0 Å². The van der Waals surface area contributed by atoms with Crippen LogP contribution >= 0.6 is 11.8 Å². The van der Waals surface area contributed by atoms with Crippen LogP contribution in [-0.4, -0.2) is 22.1 Å². The fraction of sp³-hybridized carbons (Fsp3) is 0.438. The van der Waals surface area contributed by atoms with Gasteiger partial charge in [0.2, 0.25) is 0 Å². The lowest BCUT2D eigenvalue weighted by atomic mass is 10.1. The molecule has 0 bridgehead atoms. The van der Waals surface area contributed by atoms with E-state index in [0.29, 0.717) is 6.04 Å². The second kappa shape index (κ2) is 6.02. The number of aromatic nitrogens is 2. The first kappa shape index (κ1) is 13.7. The molecule has 2 aromatic rings. The monoisotopic (exact) mass is 287 g/mol. The number of hydrogen-bond donors (Lipinski definition) is 1. The molecule has 20 heavy (non-hydrogen) atoms. The highest BCUT2D eigenvalue weighted by atomic mass is 32.2. The Kier molecular flexibility index (Phi) is 4.13. The van der Waals surface area contributed by atoms with Crippen molar-refractivity contribution >= 4 is 11.8 Å². The minimum atomic E-state index is 0.511. The van der Waals surface area contributed by atoms with Gasteiger partial charge in [-0.2, -0.15) is 5.10 Å². The fourth-order valence-electron chi connectivity index (χ4n) is 2.74. The molecule has 0 spiro atoms. The van der Waals surface area contributed by atoms with E-state index >= 15 is 0 Å². The average Bonchev–Trinajstić information content (AvgIpc) is 2.99. The lowest BCUT2D eigenvalue weighted by Gasteiger charge is -2.13. The number of fused-ring (bicyclic) bond motifs is 1. The Morgan fingerprint density at radius 3 is 3.00 bits per heavy atom. The molecular formula is C16H21N3S. The van der Waals surface area contributed by atoms with Gasteiger partial charge in [0.15, 0.2) is 0 Å². The Hall–Kier alpha value is -1.26. The summed E-state index contributed by atoms with van der Waals surface area (Å²) in [6.45, 7) is 6.21. The van der Waals surface area contributed by atoms with Crippen molar-refractivity contribution in [3.63, 3.8) is 0 Å². The molecule has 0 radical (unpaired) electrons. The standard InChI is InChI=1S/C16H21N3S/c1-12-10-13(2)19(18-12)9-5-8-17-15-11-20-16-7-4-3-6-14(15)16/h3-4,6-7,10,15,17H,5,8-9,11H2,1-2H3. The van der Waals surface area contributed by atoms with Crippen LogP contribution in [0.5, 0.6) is 0 Å². The van der Waals surface area contributed by atoms with E-state index in [-0.39, 0.29) is 0 Å². The molecule has 1 aliphatic heterocycles. The van der Waals surface area contributed by atoms with Crippen molar-refractivity contribution in [1.29, 1.82) is 0 Å². The topological polar surface area (TPSA) is 29.9 Å². The van der Waals surface area contributed by atoms with Crippen LogP contribution in [0.3, 0.4) is 0 Å². The van der Waals surface area contributed by atoms with Gasteiger partial charge in [-0.05, 0) is 44.5 Å². The van der Waals surface area contributed by atoms with Crippen molar-refractivity contribution in [3.05, 3.63) is 47.3 Å². The van der Waals surface area contributed by atoms with E-state index in [2.05, 4.69) is 59.3 Å². The van der Waals surface area contributed by atoms with Crippen molar-refractivity contribution < 1.29 is 0 Å². The molecule has 0 saturated heterocycles. The Morgan fingerprint density at radius 2 is 2.20 bits per heavy atom. The molecule has 1 aromatic heterocycles. The maximum absolute atomic E-state index is 4.50. The SMILES string of the molecule is Cc1cc(C)n(CCCNC2CSc3ccccc32)n1. The largest absolute Gasteiger partial charge is 0.309 e. The smallest absolute Gasteiger partial charge is 0.0596 e. The van der Waals surface area contributed by atoms with E-state index < -0.39 is 0 Å². The highest BCUT2D eigenvalue weighted by Crippen LogP contribution is 2.37. The second-order valence-electron chi connectivity index (χ2n) is 5.36. The predicted molar refractivity (Wildman–Crippen MR) is 84.2 cm³/mol. The second-order valence-corrected chi connectivity index (χ2v) is 6.42. The van der Waals surface area contributed by atoms with E-state index in [4.69, 9.17) is 0 Å². The van der Waals surface area contributed by atoms with E-state index in [0.717, 1.165) is 31.0 Å². The molecule has 1 N–H and O–H groups in total. The molecule has 1 aliphatic rings. The first-order valence-corrected chi connectivity index (χ1v) is 8.19. The maximum Gasteiger partial charge on any atom is 0.0596 e. The summed E-state index contributed by atoms with van der Waals surface area (Å²) >= 11 is 1.96. The van der Waals surface area contributed by atoms with Crippen LogP contribution < -0.4 is 5.32 Å². The molecule has 1 unspecified atom stereocenters. The summed E-state index contributed by atoms with van der Waals surface area (Å²) in [5, 5.41) is 8.17. The van der Waals surface area contributed by atoms with E-state index in [1.807, 2.05) is 11.8 Å².